The standard InChI is InChI=1S/C20H32F2N2O2/c1-2-3-18(25)23-10-15-16-12-24(13-19(16)7-6-17(15)26-19)11-14-4-8-20(21,22)9-5-14/h14-17H,2-13H2,1H3,(H,23,25)/t15-,16+,17+,19+/m0/s1. The molecule has 3 saturated heterocycles. The Hall–Kier alpha value is -0.750. The molecule has 6 heteroatoms. The predicted octanol–water partition coefficient (Wildman–Crippen LogP) is 3.21. The molecule has 1 amide bonds. The second-order valence-electron chi connectivity index (χ2n) is 9.08. The lowest BCUT2D eigenvalue weighted by Crippen LogP contribution is -2.41. The van der Waals surface area contributed by atoms with Crippen molar-refractivity contribution in [1.29, 1.82) is 0 Å². The third-order valence-electron chi connectivity index (χ3n) is 7.22. The number of carbonyl (C=O) groups excluding carboxylic acids is 1. The van der Waals surface area contributed by atoms with Crippen molar-refractivity contribution < 1.29 is 18.3 Å². The van der Waals surface area contributed by atoms with Crippen LogP contribution in [0.25, 0.3) is 0 Å². The van der Waals surface area contributed by atoms with E-state index in [9.17, 15) is 13.6 Å². The molecule has 0 unspecified atom stereocenters. The van der Waals surface area contributed by atoms with Crippen LogP contribution in [0.1, 0.15) is 58.3 Å². The van der Waals surface area contributed by atoms with Crippen LogP contribution in [-0.2, 0) is 9.53 Å². The average Bonchev–Trinajstić information content (AvgIpc) is 3.23. The van der Waals surface area contributed by atoms with Crippen molar-refractivity contribution >= 4 is 5.91 Å². The van der Waals surface area contributed by atoms with Crippen LogP contribution < -0.4 is 5.32 Å². The van der Waals surface area contributed by atoms with Gasteiger partial charge in [0.05, 0.1) is 11.7 Å². The van der Waals surface area contributed by atoms with Crippen LogP contribution in [0.4, 0.5) is 8.78 Å². The van der Waals surface area contributed by atoms with Crippen molar-refractivity contribution in [2.45, 2.75) is 75.9 Å². The fraction of sp³-hybridized carbons (Fsp3) is 0.950. The maximum absolute atomic E-state index is 13.4. The third-order valence-corrected chi connectivity index (χ3v) is 7.22. The minimum Gasteiger partial charge on any atom is -0.370 e. The summed E-state index contributed by atoms with van der Waals surface area (Å²) in [4.78, 5) is 14.3. The highest BCUT2D eigenvalue weighted by atomic mass is 19.3. The van der Waals surface area contributed by atoms with Crippen LogP contribution in [0, 0.1) is 17.8 Å². The maximum Gasteiger partial charge on any atom is 0.248 e. The number of carbonyl (C=O) groups is 1. The Bertz CT molecular complexity index is 534. The highest BCUT2D eigenvalue weighted by Gasteiger charge is 2.62. The number of rotatable bonds is 6. The first kappa shape index (κ1) is 18.6. The van der Waals surface area contributed by atoms with E-state index in [4.69, 9.17) is 4.74 Å². The van der Waals surface area contributed by atoms with Crippen molar-refractivity contribution in [3.05, 3.63) is 0 Å². The molecule has 26 heavy (non-hydrogen) atoms. The normalized spacial score (nSPS) is 39.3. The Kier molecular flexibility index (Phi) is 5.01. The van der Waals surface area contributed by atoms with E-state index in [1.54, 1.807) is 0 Å². The summed E-state index contributed by atoms with van der Waals surface area (Å²) in [5.74, 6) is -1.02. The van der Waals surface area contributed by atoms with Crippen molar-refractivity contribution in [1.82, 2.24) is 10.2 Å². The molecule has 0 radical (unpaired) electrons. The molecule has 1 N–H and O–H groups in total. The Balaban J connectivity index is 1.32. The number of ether oxygens (including phenoxy) is 1. The van der Waals surface area contributed by atoms with Gasteiger partial charge in [-0.05, 0) is 38.0 Å². The van der Waals surface area contributed by atoms with Gasteiger partial charge < -0.3 is 10.1 Å². The van der Waals surface area contributed by atoms with Gasteiger partial charge in [0.25, 0.3) is 0 Å². The fourth-order valence-electron chi connectivity index (χ4n) is 5.89. The zero-order valence-electron chi connectivity index (χ0n) is 15.8. The van der Waals surface area contributed by atoms with Crippen LogP contribution in [0.5, 0.6) is 0 Å². The molecule has 1 spiro atoms. The van der Waals surface area contributed by atoms with E-state index in [-0.39, 0.29) is 30.5 Å². The Morgan fingerprint density at radius 1 is 1.23 bits per heavy atom. The summed E-state index contributed by atoms with van der Waals surface area (Å²) in [5, 5.41) is 3.10. The van der Waals surface area contributed by atoms with Gasteiger partial charge in [-0.3, -0.25) is 9.69 Å². The second kappa shape index (κ2) is 7.01. The lowest BCUT2D eigenvalue weighted by atomic mass is 9.73. The molecule has 1 saturated carbocycles. The third kappa shape index (κ3) is 3.51. The van der Waals surface area contributed by atoms with E-state index in [1.165, 1.54) is 0 Å². The van der Waals surface area contributed by atoms with Crippen molar-refractivity contribution in [2.75, 3.05) is 26.2 Å². The number of fused-ring (bicyclic) bond motifs is 1. The average molecular weight is 370 g/mol. The van der Waals surface area contributed by atoms with Crippen LogP contribution >= 0.6 is 0 Å². The molecule has 0 aromatic heterocycles. The van der Waals surface area contributed by atoms with Crippen LogP contribution in [0.2, 0.25) is 0 Å². The van der Waals surface area contributed by atoms with E-state index < -0.39 is 5.92 Å². The second-order valence-corrected chi connectivity index (χ2v) is 9.08. The van der Waals surface area contributed by atoms with E-state index in [1.807, 2.05) is 6.92 Å². The quantitative estimate of drug-likeness (QED) is 0.781. The molecule has 1 aliphatic carbocycles. The summed E-state index contributed by atoms with van der Waals surface area (Å²) >= 11 is 0. The molecule has 4 nitrogen and oxygen atoms in total. The molecule has 4 rings (SSSR count). The van der Waals surface area contributed by atoms with E-state index in [0.717, 1.165) is 45.4 Å². The number of hydrogen-bond acceptors (Lipinski definition) is 3. The first-order chi connectivity index (χ1) is 12.4. The van der Waals surface area contributed by atoms with Gasteiger partial charge >= 0.3 is 0 Å². The minimum absolute atomic E-state index is 0.0383. The number of halogens is 2. The van der Waals surface area contributed by atoms with E-state index in [0.29, 0.717) is 37.0 Å². The number of likely N-dealkylation sites (tertiary alicyclic amines) is 1. The number of hydrogen-bond donors (Lipinski definition) is 1. The Morgan fingerprint density at radius 2 is 2.00 bits per heavy atom. The zero-order valence-corrected chi connectivity index (χ0v) is 15.8. The molecule has 3 heterocycles. The molecule has 3 aliphatic heterocycles. The largest absolute Gasteiger partial charge is 0.370 e. The minimum atomic E-state index is -2.44. The zero-order chi connectivity index (χ0) is 18.4. The summed E-state index contributed by atoms with van der Waals surface area (Å²) in [5.41, 5.74) is -0.0383. The van der Waals surface area contributed by atoms with Crippen molar-refractivity contribution in [3.8, 4) is 0 Å². The SMILES string of the molecule is CCCC(=O)NC[C@H]1[C@H]2CN(CC3CCC(F)(F)CC3)C[C@]23CC[C@H]1O3. The molecule has 4 fully saturated rings. The van der Waals surface area contributed by atoms with Gasteiger partial charge in [0, 0.05) is 57.3 Å². The highest BCUT2D eigenvalue weighted by Crippen LogP contribution is 2.55. The fourth-order valence-corrected chi connectivity index (χ4v) is 5.89. The maximum atomic E-state index is 13.4. The first-order valence-corrected chi connectivity index (χ1v) is 10.5. The van der Waals surface area contributed by atoms with Gasteiger partial charge in [0.2, 0.25) is 11.8 Å². The summed E-state index contributed by atoms with van der Waals surface area (Å²) in [6.07, 6.45) is 5.33. The van der Waals surface area contributed by atoms with Gasteiger partial charge in [0.15, 0.2) is 0 Å². The smallest absolute Gasteiger partial charge is 0.248 e. The van der Waals surface area contributed by atoms with Crippen LogP contribution in [0.15, 0.2) is 0 Å². The monoisotopic (exact) mass is 370 g/mol. The van der Waals surface area contributed by atoms with Crippen LogP contribution in [0.3, 0.4) is 0 Å². The lowest BCUT2D eigenvalue weighted by molar-refractivity contribution is -0.121. The molecular weight excluding hydrogens is 338 g/mol. The highest BCUT2D eigenvalue weighted by molar-refractivity contribution is 5.75. The molecule has 4 atom stereocenters. The summed E-state index contributed by atoms with van der Waals surface area (Å²) < 4.78 is 33.2. The van der Waals surface area contributed by atoms with Gasteiger partial charge in [-0.15, -0.1) is 0 Å². The molecule has 148 valence electrons. The van der Waals surface area contributed by atoms with E-state index in [2.05, 4.69) is 10.2 Å². The van der Waals surface area contributed by atoms with E-state index >= 15 is 0 Å². The number of amides is 1. The van der Waals surface area contributed by atoms with Gasteiger partial charge in [-0.2, -0.15) is 0 Å². The predicted molar refractivity (Wildman–Crippen MR) is 95.1 cm³/mol. The Morgan fingerprint density at radius 3 is 2.73 bits per heavy atom. The molecule has 2 bridgehead atoms. The van der Waals surface area contributed by atoms with Crippen LogP contribution in [-0.4, -0.2) is 54.6 Å². The first-order valence-electron chi connectivity index (χ1n) is 10.5. The summed E-state index contributed by atoms with van der Waals surface area (Å²) in [6.45, 7) is 5.61. The lowest BCUT2D eigenvalue weighted by Gasteiger charge is -2.31. The number of nitrogens with one attached hydrogen (secondary N) is 1. The number of alkyl halides is 2. The molecule has 4 aliphatic rings. The molecule has 0 aromatic rings. The number of nitrogens with zero attached hydrogens (tertiary/aromatic N) is 1. The molecule has 0 aromatic carbocycles. The van der Waals surface area contributed by atoms with Gasteiger partial charge in [0.1, 0.15) is 0 Å². The van der Waals surface area contributed by atoms with Gasteiger partial charge in [-0.1, -0.05) is 6.92 Å². The van der Waals surface area contributed by atoms with Crippen molar-refractivity contribution in [3.63, 3.8) is 0 Å². The van der Waals surface area contributed by atoms with Gasteiger partial charge in [-0.25, -0.2) is 8.78 Å². The molecular formula is C20H32F2N2O2. The topological polar surface area (TPSA) is 41.6 Å². The summed E-state index contributed by atoms with van der Waals surface area (Å²) in [7, 11) is 0. The van der Waals surface area contributed by atoms with Crippen molar-refractivity contribution in [2.24, 2.45) is 17.8 Å². The Labute approximate surface area is 155 Å². The summed E-state index contributed by atoms with van der Waals surface area (Å²) in [6, 6.07) is 0.